The van der Waals surface area contributed by atoms with E-state index in [1.807, 2.05) is 0 Å². The fourth-order valence-corrected chi connectivity index (χ4v) is 3.41. The number of halogens is 5. The third kappa shape index (κ3) is 4.52. The van der Waals surface area contributed by atoms with E-state index in [9.17, 15) is 17.6 Å². The van der Waals surface area contributed by atoms with E-state index < -0.39 is 17.9 Å². The Labute approximate surface area is 144 Å². The van der Waals surface area contributed by atoms with Gasteiger partial charge < -0.3 is 10.1 Å². The van der Waals surface area contributed by atoms with Crippen molar-refractivity contribution < 1.29 is 22.3 Å². The third-order valence-electron chi connectivity index (χ3n) is 4.66. The lowest BCUT2D eigenvalue weighted by Gasteiger charge is -2.43. The summed E-state index contributed by atoms with van der Waals surface area (Å²) >= 11 is 0. The Morgan fingerprint density at radius 3 is 2.33 bits per heavy atom. The molecule has 0 aromatic heterocycles. The molecule has 1 aliphatic carbocycles. The molecule has 0 radical (unpaired) electrons. The zero-order valence-electron chi connectivity index (χ0n) is 13.1. The van der Waals surface area contributed by atoms with Gasteiger partial charge in [0.15, 0.2) is 11.6 Å². The van der Waals surface area contributed by atoms with Gasteiger partial charge in [0.05, 0.1) is 0 Å². The minimum atomic E-state index is -4.88. The van der Waals surface area contributed by atoms with Crippen LogP contribution in [0.2, 0.25) is 0 Å². The molecule has 2 aliphatic rings. The highest BCUT2D eigenvalue weighted by molar-refractivity contribution is 5.85. The molecule has 8 heteroatoms. The van der Waals surface area contributed by atoms with Crippen LogP contribution in [0.4, 0.5) is 17.6 Å². The number of hydrogen-bond donors (Lipinski definition) is 1. The molecule has 1 heterocycles. The van der Waals surface area contributed by atoms with Crippen molar-refractivity contribution in [1.29, 1.82) is 0 Å². The summed E-state index contributed by atoms with van der Waals surface area (Å²) in [7, 11) is 0. The maximum Gasteiger partial charge on any atom is 0.573 e. The van der Waals surface area contributed by atoms with Crippen LogP contribution in [0.3, 0.4) is 0 Å². The van der Waals surface area contributed by atoms with Gasteiger partial charge in [0.25, 0.3) is 0 Å². The predicted molar refractivity (Wildman–Crippen MR) is 84.9 cm³/mol. The molecule has 1 aromatic rings. The summed E-state index contributed by atoms with van der Waals surface area (Å²) in [4.78, 5) is 2.30. The van der Waals surface area contributed by atoms with Gasteiger partial charge >= 0.3 is 6.36 Å². The SMILES string of the molecule is Cl.Fc1cc([C@H](C2CCC2)N2CCNCC2)ccc1OC(F)(F)F. The van der Waals surface area contributed by atoms with Crippen molar-refractivity contribution in [2.45, 2.75) is 31.7 Å². The zero-order valence-corrected chi connectivity index (χ0v) is 13.9. The van der Waals surface area contributed by atoms with Crippen molar-refractivity contribution >= 4 is 12.4 Å². The van der Waals surface area contributed by atoms with Crippen molar-refractivity contribution in [1.82, 2.24) is 10.2 Å². The number of nitrogens with one attached hydrogen (secondary N) is 1. The maximum absolute atomic E-state index is 14.0. The Balaban J connectivity index is 0.00000208. The molecular formula is C16H21ClF4N2O. The van der Waals surface area contributed by atoms with Gasteiger partial charge in [-0.05, 0) is 36.5 Å². The first kappa shape index (κ1) is 19.3. The van der Waals surface area contributed by atoms with Crippen molar-refractivity contribution in [3.63, 3.8) is 0 Å². The molecule has 0 bridgehead atoms. The Kier molecular flexibility index (Phi) is 6.33. The Bertz CT molecular complexity index is 545. The molecule has 136 valence electrons. The Hall–Kier alpha value is -1.05. The molecule has 0 amide bonds. The summed E-state index contributed by atoms with van der Waals surface area (Å²) in [6, 6.07) is 3.92. The van der Waals surface area contributed by atoms with Crippen LogP contribution < -0.4 is 10.1 Å². The van der Waals surface area contributed by atoms with Gasteiger partial charge in [0.2, 0.25) is 0 Å². The summed E-state index contributed by atoms with van der Waals surface area (Å²) in [6.07, 6.45) is -1.56. The van der Waals surface area contributed by atoms with Gasteiger partial charge in [0, 0.05) is 32.2 Å². The fraction of sp³-hybridized carbons (Fsp3) is 0.625. The van der Waals surface area contributed by atoms with E-state index >= 15 is 0 Å². The lowest BCUT2D eigenvalue weighted by Crippen LogP contribution is -2.47. The smallest absolute Gasteiger partial charge is 0.403 e. The second kappa shape index (κ2) is 7.89. The normalized spacial score (nSPS) is 20.8. The summed E-state index contributed by atoms with van der Waals surface area (Å²) in [5, 5.41) is 3.28. The van der Waals surface area contributed by atoms with Crippen LogP contribution in [0, 0.1) is 11.7 Å². The van der Waals surface area contributed by atoms with Crippen molar-refractivity contribution in [3.05, 3.63) is 29.6 Å². The monoisotopic (exact) mass is 368 g/mol. The molecule has 1 saturated carbocycles. The molecule has 0 spiro atoms. The lowest BCUT2D eigenvalue weighted by molar-refractivity contribution is -0.275. The lowest BCUT2D eigenvalue weighted by atomic mass is 9.76. The van der Waals surface area contributed by atoms with E-state index in [0.29, 0.717) is 5.92 Å². The molecule has 1 atom stereocenters. The minimum absolute atomic E-state index is 0. The molecule has 1 N–H and O–H groups in total. The predicted octanol–water partition coefficient (Wildman–Crippen LogP) is 3.89. The van der Waals surface area contributed by atoms with Crippen molar-refractivity contribution in [2.75, 3.05) is 26.2 Å². The third-order valence-corrected chi connectivity index (χ3v) is 4.66. The van der Waals surface area contributed by atoms with Gasteiger partial charge in [-0.15, -0.1) is 25.6 Å². The van der Waals surface area contributed by atoms with Gasteiger partial charge in [-0.25, -0.2) is 4.39 Å². The van der Waals surface area contributed by atoms with Gasteiger partial charge in [-0.3, -0.25) is 4.90 Å². The molecule has 3 nitrogen and oxygen atoms in total. The van der Waals surface area contributed by atoms with Crippen LogP contribution in [0.1, 0.15) is 30.9 Å². The first-order valence-electron chi connectivity index (χ1n) is 7.94. The summed E-state index contributed by atoms with van der Waals surface area (Å²) in [6.45, 7) is 3.48. The van der Waals surface area contributed by atoms with Crippen LogP contribution in [0.15, 0.2) is 18.2 Å². The summed E-state index contributed by atoms with van der Waals surface area (Å²) < 4.78 is 54.5. The van der Waals surface area contributed by atoms with Crippen LogP contribution in [-0.2, 0) is 0 Å². The molecule has 24 heavy (non-hydrogen) atoms. The van der Waals surface area contributed by atoms with E-state index in [2.05, 4.69) is 15.0 Å². The fourth-order valence-electron chi connectivity index (χ4n) is 3.41. The first-order valence-corrected chi connectivity index (χ1v) is 7.94. The van der Waals surface area contributed by atoms with Gasteiger partial charge in [-0.1, -0.05) is 12.5 Å². The number of nitrogens with zero attached hydrogens (tertiary/aromatic N) is 1. The standard InChI is InChI=1S/C16H20F4N2O.ClH/c17-13-10-12(4-5-14(13)23-16(18,19)20)15(11-2-1-3-11)22-8-6-21-7-9-22;/h4-5,10-11,15,21H,1-3,6-9H2;1H/t15-;/m0./s1. The maximum atomic E-state index is 14.0. The van der Waals surface area contributed by atoms with Crippen LogP contribution in [0.25, 0.3) is 0 Å². The number of alkyl halides is 3. The molecule has 0 unspecified atom stereocenters. The van der Waals surface area contributed by atoms with Crippen molar-refractivity contribution in [3.8, 4) is 5.75 Å². The number of ether oxygens (including phenoxy) is 1. The number of piperazine rings is 1. The molecular weight excluding hydrogens is 348 g/mol. The average Bonchev–Trinajstić information content (AvgIpc) is 2.44. The summed E-state index contributed by atoms with van der Waals surface area (Å²) in [5.41, 5.74) is 0.739. The molecule has 1 aliphatic heterocycles. The highest BCUT2D eigenvalue weighted by atomic mass is 35.5. The summed E-state index contributed by atoms with van der Waals surface area (Å²) in [5.74, 6) is -1.28. The number of benzene rings is 1. The number of hydrogen-bond acceptors (Lipinski definition) is 3. The van der Waals surface area contributed by atoms with Crippen LogP contribution >= 0.6 is 12.4 Å². The highest BCUT2D eigenvalue weighted by Crippen LogP contribution is 2.42. The second-order valence-electron chi connectivity index (χ2n) is 6.16. The van der Waals surface area contributed by atoms with E-state index in [0.717, 1.165) is 57.1 Å². The van der Waals surface area contributed by atoms with E-state index in [4.69, 9.17) is 0 Å². The quantitative estimate of drug-likeness (QED) is 0.816. The molecule has 2 fully saturated rings. The van der Waals surface area contributed by atoms with Gasteiger partial charge in [-0.2, -0.15) is 0 Å². The molecule has 1 aromatic carbocycles. The second-order valence-corrected chi connectivity index (χ2v) is 6.16. The number of rotatable bonds is 4. The van der Waals surface area contributed by atoms with E-state index in [1.54, 1.807) is 6.07 Å². The Morgan fingerprint density at radius 2 is 1.83 bits per heavy atom. The van der Waals surface area contributed by atoms with Crippen molar-refractivity contribution in [2.24, 2.45) is 5.92 Å². The Morgan fingerprint density at radius 1 is 1.17 bits per heavy atom. The van der Waals surface area contributed by atoms with Gasteiger partial charge in [0.1, 0.15) is 0 Å². The average molecular weight is 369 g/mol. The first-order chi connectivity index (χ1) is 10.9. The topological polar surface area (TPSA) is 24.5 Å². The molecule has 1 saturated heterocycles. The molecule has 3 rings (SSSR count). The van der Waals surface area contributed by atoms with Crippen LogP contribution in [-0.4, -0.2) is 37.4 Å². The zero-order chi connectivity index (χ0) is 16.4. The van der Waals surface area contributed by atoms with Crippen LogP contribution in [0.5, 0.6) is 5.75 Å². The minimum Gasteiger partial charge on any atom is -0.403 e. The largest absolute Gasteiger partial charge is 0.573 e. The highest BCUT2D eigenvalue weighted by Gasteiger charge is 2.35. The van der Waals surface area contributed by atoms with E-state index in [1.165, 1.54) is 6.07 Å². The van der Waals surface area contributed by atoms with E-state index in [-0.39, 0.29) is 18.4 Å².